The Kier molecular flexibility index (Phi) is 9.43. The number of benzene rings is 1. The number of fused-ring (bicyclic) bond motifs is 4. The number of halogens is 3. The number of carbonyl (C=O) groups is 1. The second-order valence-electron chi connectivity index (χ2n) is 14.9. The zero-order valence-corrected chi connectivity index (χ0v) is 30.9. The molecule has 0 radical (unpaired) electrons. The molecule has 0 unspecified atom stereocenters. The summed E-state index contributed by atoms with van der Waals surface area (Å²) >= 11 is 13.5. The van der Waals surface area contributed by atoms with E-state index in [9.17, 15) is 9.90 Å². The zero-order chi connectivity index (χ0) is 34.7. The molecular weight excluding hydrogens is 678 g/mol. The van der Waals surface area contributed by atoms with Crippen LogP contribution in [0.1, 0.15) is 45.7 Å². The van der Waals surface area contributed by atoms with Crippen molar-refractivity contribution in [2.24, 2.45) is 7.05 Å². The fourth-order valence-electron chi connectivity index (χ4n) is 6.59. The average Bonchev–Trinajstić information content (AvgIpc) is 3.62. The van der Waals surface area contributed by atoms with Gasteiger partial charge in [-0.2, -0.15) is 10.2 Å². The Bertz CT molecular complexity index is 1860. The standard InChI is InChI=1S/C32H43Cl2FN8O4Si/c1-32(2,3)47-31(45)37-20-14-17-8-11-22(25(20)35)43(17)29-21(15-44)36-27-26(18-9-10-19-23(24(18)33)28(34)41(4)39-19)40-42(30(27)38-29)16-46-12-13-48(5,6)7/h9-10,17,20,22,25,44H,8,11-16H2,1-7H3,(H,37,45)/t17-,20+,22+,25+/m1/s1. The highest BCUT2D eigenvalue weighted by molar-refractivity contribution is 6.76. The number of amides is 1. The van der Waals surface area contributed by atoms with Gasteiger partial charge in [-0.05, 0) is 58.2 Å². The molecule has 2 aliphatic heterocycles. The molecule has 5 heterocycles. The molecule has 260 valence electrons. The number of hydrogen-bond donors (Lipinski definition) is 2. The molecule has 16 heteroatoms. The van der Waals surface area contributed by atoms with Crippen molar-refractivity contribution in [3.05, 3.63) is 28.0 Å². The summed E-state index contributed by atoms with van der Waals surface area (Å²) in [4.78, 5) is 24.4. The van der Waals surface area contributed by atoms with E-state index in [-0.39, 0.29) is 12.8 Å². The molecule has 2 N–H and O–H groups in total. The van der Waals surface area contributed by atoms with Gasteiger partial charge in [0, 0.05) is 33.3 Å². The lowest BCUT2D eigenvalue weighted by atomic mass is 9.95. The van der Waals surface area contributed by atoms with Crippen LogP contribution in [0.25, 0.3) is 33.3 Å². The molecule has 2 aliphatic rings. The maximum absolute atomic E-state index is 16.1. The number of rotatable bonds is 9. The van der Waals surface area contributed by atoms with E-state index in [1.165, 1.54) is 0 Å². The number of aliphatic hydroxyl groups is 1. The average molecular weight is 722 g/mol. The van der Waals surface area contributed by atoms with E-state index in [1.54, 1.807) is 37.2 Å². The topological polar surface area (TPSA) is 132 Å². The largest absolute Gasteiger partial charge is 0.444 e. The van der Waals surface area contributed by atoms with Crippen LogP contribution in [0.15, 0.2) is 12.1 Å². The molecule has 12 nitrogen and oxygen atoms in total. The number of hydrogen-bond acceptors (Lipinski definition) is 9. The summed E-state index contributed by atoms with van der Waals surface area (Å²) in [6.45, 7) is 12.4. The maximum atomic E-state index is 16.1. The van der Waals surface area contributed by atoms with Gasteiger partial charge >= 0.3 is 6.09 Å². The number of nitrogens with one attached hydrogen (secondary N) is 1. The molecule has 0 spiro atoms. The van der Waals surface area contributed by atoms with E-state index in [1.807, 2.05) is 17.0 Å². The van der Waals surface area contributed by atoms with Gasteiger partial charge in [-0.25, -0.2) is 23.8 Å². The van der Waals surface area contributed by atoms with E-state index >= 15 is 4.39 Å². The van der Waals surface area contributed by atoms with Gasteiger partial charge in [-0.3, -0.25) is 4.68 Å². The van der Waals surface area contributed by atoms with Crippen LogP contribution in [0.3, 0.4) is 0 Å². The number of nitrogens with zero attached hydrogens (tertiary/aromatic N) is 7. The smallest absolute Gasteiger partial charge is 0.407 e. The van der Waals surface area contributed by atoms with Crippen molar-refractivity contribution in [1.82, 2.24) is 34.8 Å². The van der Waals surface area contributed by atoms with Crippen LogP contribution in [0.4, 0.5) is 15.0 Å². The Morgan fingerprint density at radius 3 is 2.60 bits per heavy atom. The Balaban J connectivity index is 1.40. The highest BCUT2D eigenvalue weighted by Crippen LogP contribution is 2.43. The summed E-state index contributed by atoms with van der Waals surface area (Å²) < 4.78 is 30.8. The third-order valence-electron chi connectivity index (χ3n) is 8.87. The molecule has 2 fully saturated rings. The second-order valence-corrected chi connectivity index (χ2v) is 21.3. The fraction of sp³-hybridized carbons (Fsp3) is 0.594. The van der Waals surface area contributed by atoms with Crippen molar-refractivity contribution in [2.45, 2.75) is 109 Å². The maximum Gasteiger partial charge on any atom is 0.407 e. The van der Waals surface area contributed by atoms with Crippen LogP contribution in [0, 0.1) is 0 Å². The number of carbonyl (C=O) groups excluding carboxylic acids is 1. The van der Waals surface area contributed by atoms with Gasteiger partial charge in [0.2, 0.25) is 0 Å². The Morgan fingerprint density at radius 2 is 1.92 bits per heavy atom. The molecule has 0 saturated carbocycles. The molecule has 48 heavy (non-hydrogen) atoms. The van der Waals surface area contributed by atoms with Gasteiger partial charge in [-0.15, -0.1) is 0 Å². The summed E-state index contributed by atoms with van der Waals surface area (Å²) in [6, 6.07) is 3.19. The van der Waals surface area contributed by atoms with Gasteiger partial charge in [-0.1, -0.05) is 42.8 Å². The third kappa shape index (κ3) is 6.74. The van der Waals surface area contributed by atoms with Crippen LogP contribution in [-0.2, 0) is 29.9 Å². The van der Waals surface area contributed by atoms with Crippen molar-refractivity contribution in [1.29, 1.82) is 0 Å². The molecule has 4 atom stereocenters. The minimum Gasteiger partial charge on any atom is -0.444 e. The molecule has 2 saturated heterocycles. The SMILES string of the molecule is Cn1nc2ccc(-c3nn(COCC[Si](C)(C)C)c4nc(N5[C@@H]6CC[C@H]5[C@@H](F)[C@@H](NC(=O)OC(C)(C)C)C6)c(CO)nc34)c(Cl)c2c1Cl. The first-order valence-corrected chi connectivity index (χ1v) is 20.7. The number of ether oxygens (including phenoxy) is 2. The van der Waals surface area contributed by atoms with E-state index in [4.69, 9.17) is 47.7 Å². The molecule has 4 aromatic rings. The molecule has 1 aromatic carbocycles. The van der Waals surface area contributed by atoms with Crippen LogP contribution in [-0.4, -0.2) is 85.3 Å². The lowest BCUT2D eigenvalue weighted by Crippen LogP contribution is -2.59. The van der Waals surface area contributed by atoms with Crippen molar-refractivity contribution >= 4 is 65.3 Å². The number of aryl methyl sites for hydroxylation is 1. The quantitative estimate of drug-likeness (QED) is 0.148. The molecule has 3 aromatic heterocycles. The predicted molar refractivity (Wildman–Crippen MR) is 187 cm³/mol. The Labute approximate surface area is 289 Å². The molecule has 0 aliphatic carbocycles. The second kappa shape index (κ2) is 13.0. The number of aliphatic hydroxyl groups excluding tert-OH is 1. The Morgan fingerprint density at radius 1 is 1.17 bits per heavy atom. The van der Waals surface area contributed by atoms with Gasteiger partial charge in [0.15, 0.2) is 11.5 Å². The highest BCUT2D eigenvalue weighted by atomic mass is 35.5. The first-order chi connectivity index (χ1) is 22.6. The van der Waals surface area contributed by atoms with E-state index in [0.29, 0.717) is 80.9 Å². The van der Waals surface area contributed by atoms with Crippen LogP contribution in [0.2, 0.25) is 35.9 Å². The summed E-state index contributed by atoms with van der Waals surface area (Å²) in [6.07, 6.45) is -0.411. The van der Waals surface area contributed by atoms with E-state index < -0.39 is 44.6 Å². The minimum absolute atomic E-state index is 0.113. The van der Waals surface area contributed by atoms with Crippen molar-refractivity contribution in [2.75, 3.05) is 11.5 Å². The van der Waals surface area contributed by atoms with Crippen molar-refractivity contribution in [3.8, 4) is 11.3 Å². The normalized spacial score (nSPS) is 21.4. The Hall–Kier alpha value is -3.04. The number of alkyl carbamates (subject to hydrolysis) is 1. The lowest BCUT2D eigenvalue weighted by molar-refractivity contribution is 0.0447. The monoisotopic (exact) mass is 720 g/mol. The van der Waals surface area contributed by atoms with Crippen LogP contribution < -0.4 is 10.2 Å². The zero-order valence-electron chi connectivity index (χ0n) is 28.4. The van der Waals surface area contributed by atoms with E-state index in [0.717, 1.165) is 6.04 Å². The van der Waals surface area contributed by atoms with Gasteiger partial charge in [0.05, 0.1) is 34.6 Å². The number of anilines is 1. The van der Waals surface area contributed by atoms with Crippen molar-refractivity contribution < 1.29 is 23.8 Å². The van der Waals surface area contributed by atoms with Gasteiger partial charge < -0.3 is 24.8 Å². The lowest BCUT2D eigenvalue weighted by Gasteiger charge is -2.42. The number of alkyl halides is 1. The summed E-state index contributed by atoms with van der Waals surface area (Å²) in [7, 11) is 0.397. The van der Waals surface area contributed by atoms with E-state index in [2.05, 4.69) is 30.1 Å². The molecule has 6 rings (SSSR count). The number of aromatic nitrogens is 6. The highest BCUT2D eigenvalue weighted by Gasteiger charge is 2.50. The predicted octanol–water partition coefficient (Wildman–Crippen LogP) is 6.46. The molecular formula is C32H43Cl2FN8O4Si. The number of piperidine rings is 1. The summed E-state index contributed by atoms with van der Waals surface area (Å²) in [5.41, 5.74) is 2.10. The molecule has 2 bridgehead atoms. The van der Waals surface area contributed by atoms with Crippen LogP contribution >= 0.6 is 23.2 Å². The fourth-order valence-corrected chi connectivity index (χ4v) is 7.96. The van der Waals surface area contributed by atoms with Gasteiger partial charge in [0.1, 0.15) is 40.6 Å². The molecule has 1 amide bonds. The van der Waals surface area contributed by atoms with Gasteiger partial charge in [0.25, 0.3) is 0 Å². The summed E-state index contributed by atoms with van der Waals surface area (Å²) in [5.74, 6) is 0.391. The minimum atomic E-state index is -1.39. The summed E-state index contributed by atoms with van der Waals surface area (Å²) in [5, 5.41) is 24.0. The van der Waals surface area contributed by atoms with Crippen molar-refractivity contribution in [3.63, 3.8) is 0 Å². The van der Waals surface area contributed by atoms with Crippen LogP contribution in [0.5, 0.6) is 0 Å². The first kappa shape index (κ1) is 34.8. The first-order valence-electron chi connectivity index (χ1n) is 16.3. The third-order valence-corrected chi connectivity index (χ3v) is 11.4.